The minimum absolute atomic E-state index is 0.114. The van der Waals surface area contributed by atoms with E-state index in [9.17, 15) is 29.7 Å². The fourth-order valence-corrected chi connectivity index (χ4v) is 8.85. The monoisotopic (exact) mass is 546 g/mol. The molecule has 3 saturated carbocycles. The fraction of sp³-hybridized carbons (Fsp3) is 0.759. The van der Waals surface area contributed by atoms with Crippen LogP contribution in [0.1, 0.15) is 65.7 Å². The number of rotatable bonds is 1. The van der Waals surface area contributed by atoms with E-state index in [2.05, 4.69) is 0 Å². The summed E-state index contributed by atoms with van der Waals surface area (Å²) in [6.45, 7) is 5.02. The van der Waals surface area contributed by atoms with Gasteiger partial charge in [-0.1, -0.05) is 13.0 Å². The first-order valence-electron chi connectivity index (χ1n) is 14.0. The summed E-state index contributed by atoms with van der Waals surface area (Å²) in [7, 11) is 0. The first kappa shape index (κ1) is 27.1. The Hall–Kier alpha value is -2.11. The average Bonchev–Trinajstić information content (AvgIpc) is 3.02. The maximum atomic E-state index is 13.2. The third kappa shape index (κ3) is 3.48. The van der Waals surface area contributed by atoms with Crippen molar-refractivity contribution in [2.45, 2.75) is 107 Å². The van der Waals surface area contributed by atoms with Crippen LogP contribution < -0.4 is 0 Å². The maximum Gasteiger partial charge on any atom is 0.330 e. The molecule has 6 fully saturated rings. The molecule has 0 aromatic carbocycles. The van der Waals surface area contributed by atoms with Crippen molar-refractivity contribution in [3.63, 3.8) is 0 Å². The van der Waals surface area contributed by atoms with Gasteiger partial charge in [-0.2, -0.15) is 0 Å². The van der Waals surface area contributed by atoms with E-state index in [1.807, 2.05) is 6.92 Å². The van der Waals surface area contributed by atoms with E-state index in [4.69, 9.17) is 18.9 Å². The van der Waals surface area contributed by atoms with Gasteiger partial charge in [-0.05, 0) is 57.9 Å². The number of ether oxygens (including phenoxy) is 4. The molecule has 0 unspecified atom stereocenters. The lowest BCUT2D eigenvalue weighted by molar-refractivity contribution is -0.377. The lowest BCUT2D eigenvalue weighted by atomic mass is 9.40. The van der Waals surface area contributed by atoms with Crippen molar-refractivity contribution < 1.29 is 48.7 Å². The summed E-state index contributed by atoms with van der Waals surface area (Å²) >= 11 is 0. The molecule has 3 N–H and O–H groups in total. The second kappa shape index (κ2) is 8.69. The summed E-state index contributed by atoms with van der Waals surface area (Å²) in [5, 5.41) is 34.6. The minimum atomic E-state index is -1.53. The Balaban J connectivity index is 1.42. The normalized spacial score (nSPS) is 53.3. The van der Waals surface area contributed by atoms with Gasteiger partial charge in [0.15, 0.2) is 11.4 Å². The highest BCUT2D eigenvalue weighted by Gasteiger charge is 2.83. The van der Waals surface area contributed by atoms with Crippen LogP contribution in [-0.2, 0) is 33.3 Å². The molecule has 3 saturated heterocycles. The van der Waals surface area contributed by atoms with Crippen LogP contribution >= 0.6 is 0 Å². The molecule has 7 rings (SSSR count). The zero-order chi connectivity index (χ0) is 28.0. The number of ketones is 1. The first-order chi connectivity index (χ1) is 18.3. The molecule has 4 aliphatic heterocycles. The molecule has 3 aliphatic carbocycles. The van der Waals surface area contributed by atoms with E-state index >= 15 is 0 Å². The Bertz CT molecular complexity index is 1160. The molecule has 0 radical (unpaired) electrons. The molecule has 10 atom stereocenters. The topological polar surface area (TPSA) is 149 Å². The van der Waals surface area contributed by atoms with Crippen LogP contribution in [0, 0.1) is 16.7 Å². The standard InChI is InChI=1S/C29H38O10/c1-16(30)28-8-5-4-6-21(31)38-19-13-20-29(35)14-18-24(39-20)27(26(19,29)3,10-9-25(18,2)34)15-36-22(32)12-17(23(28)33)7-11-37-28/h4,6,12,18-20,23-24,33-35H,5,7-11,13-15H2,1-3H3/b6-4-,17-12-/t18-,19+,20+,23+,24+,25+,26+,27+,28+,29-/m0/s1. The number of cyclic esters (lactones) is 1. The van der Waals surface area contributed by atoms with Gasteiger partial charge >= 0.3 is 11.9 Å². The number of hydrogen-bond acceptors (Lipinski definition) is 10. The van der Waals surface area contributed by atoms with Gasteiger partial charge in [0.25, 0.3) is 0 Å². The molecule has 0 aromatic heterocycles. The lowest BCUT2D eigenvalue weighted by Gasteiger charge is -2.71. The van der Waals surface area contributed by atoms with Crippen LogP contribution in [0.2, 0.25) is 0 Å². The summed E-state index contributed by atoms with van der Waals surface area (Å²) < 4.78 is 24.1. The first-order valence-corrected chi connectivity index (χ1v) is 14.0. The summed E-state index contributed by atoms with van der Waals surface area (Å²) in [6.07, 6.45) is 3.04. The van der Waals surface area contributed by atoms with Crippen molar-refractivity contribution in [3.05, 3.63) is 23.8 Å². The SMILES string of the molecule is CC(=O)[C@@]12CC/C=C\C(=O)O[C@@H]3C[C@H]4O[C@@H]5[C@@H]6C[C@@]4(O)[C@@]3(C)[C@]5(CC[C@@]6(C)O)COC(=O)/C=C(/CCO1)[C@H]2O. The van der Waals surface area contributed by atoms with E-state index in [1.54, 1.807) is 13.0 Å². The number of aliphatic hydroxyl groups excluding tert-OH is 1. The lowest BCUT2D eigenvalue weighted by Crippen LogP contribution is -2.80. The Morgan fingerprint density at radius 3 is 2.59 bits per heavy atom. The van der Waals surface area contributed by atoms with E-state index in [1.165, 1.54) is 19.1 Å². The van der Waals surface area contributed by atoms with Gasteiger partial charge in [0, 0.05) is 35.3 Å². The van der Waals surface area contributed by atoms with Gasteiger partial charge in [0.2, 0.25) is 0 Å². The Morgan fingerprint density at radius 2 is 1.85 bits per heavy atom. The number of hydrogen-bond donors (Lipinski definition) is 3. The predicted molar refractivity (Wildman–Crippen MR) is 134 cm³/mol. The van der Waals surface area contributed by atoms with Crippen LogP contribution in [0.15, 0.2) is 23.8 Å². The summed E-state index contributed by atoms with van der Waals surface area (Å²) in [6, 6.07) is 0. The maximum absolute atomic E-state index is 13.2. The third-order valence-corrected chi connectivity index (χ3v) is 11.3. The second-order valence-electron chi connectivity index (χ2n) is 12.9. The molecular weight excluding hydrogens is 508 g/mol. The van der Waals surface area contributed by atoms with Crippen LogP contribution in [0.3, 0.4) is 0 Å². The Morgan fingerprint density at radius 1 is 1.08 bits per heavy atom. The van der Waals surface area contributed by atoms with Crippen molar-refractivity contribution in [1.29, 1.82) is 0 Å². The number of carbonyl (C=O) groups is 3. The van der Waals surface area contributed by atoms with Crippen LogP contribution in [0.5, 0.6) is 0 Å². The summed E-state index contributed by atoms with van der Waals surface area (Å²) in [4.78, 5) is 38.9. The van der Waals surface area contributed by atoms with E-state index in [-0.39, 0.29) is 44.2 Å². The third-order valence-electron chi connectivity index (χ3n) is 11.3. The summed E-state index contributed by atoms with van der Waals surface area (Å²) in [5.41, 5.74) is -5.55. The van der Waals surface area contributed by atoms with Gasteiger partial charge in [-0.15, -0.1) is 0 Å². The Kier molecular flexibility index (Phi) is 6.04. The summed E-state index contributed by atoms with van der Waals surface area (Å²) in [5.74, 6) is -2.02. The minimum Gasteiger partial charge on any atom is -0.462 e. The molecule has 0 aromatic rings. The molecule has 10 nitrogen and oxygen atoms in total. The van der Waals surface area contributed by atoms with Crippen molar-refractivity contribution >= 4 is 17.7 Å². The highest BCUT2D eigenvalue weighted by molar-refractivity contribution is 5.88. The highest BCUT2D eigenvalue weighted by atomic mass is 16.6. The number of aliphatic hydroxyl groups is 3. The van der Waals surface area contributed by atoms with E-state index in [0.29, 0.717) is 31.3 Å². The van der Waals surface area contributed by atoms with Crippen molar-refractivity contribution in [3.8, 4) is 0 Å². The molecule has 7 aliphatic rings. The molecule has 0 amide bonds. The molecule has 4 heterocycles. The van der Waals surface area contributed by atoms with Crippen LogP contribution in [-0.4, -0.2) is 87.5 Å². The number of fused-ring (bicyclic) bond motifs is 2. The van der Waals surface area contributed by atoms with Crippen molar-refractivity contribution in [1.82, 2.24) is 0 Å². The number of Topliss-reactive ketones (excluding diaryl/α,β-unsaturated/α-hetero) is 1. The van der Waals surface area contributed by atoms with Gasteiger partial charge in [0.05, 0.1) is 24.4 Å². The van der Waals surface area contributed by atoms with Gasteiger partial charge in [0.1, 0.15) is 24.4 Å². The molecule has 214 valence electrons. The number of carbonyl (C=O) groups excluding carboxylic acids is 3. The zero-order valence-electron chi connectivity index (χ0n) is 22.7. The van der Waals surface area contributed by atoms with E-state index in [0.717, 1.165) is 0 Å². The van der Waals surface area contributed by atoms with Crippen LogP contribution in [0.4, 0.5) is 0 Å². The van der Waals surface area contributed by atoms with E-state index < -0.39 is 64.0 Å². The molecule has 8 bridgehead atoms. The molecule has 39 heavy (non-hydrogen) atoms. The fourth-order valence-electron chi connectivity index (χ4n) is 8.85. The van der Waals surface area contributed by atoms with Gasteiger partial charge < -0.3 is 34.3 Å². The van der Waals surface area contributed by atoms with Crippen molar-refractivity contribution in [2.24, 2.45) is 16.7 Å². The number of allylic oxidation sites excluding steroid dienone is 1. The molecule has 10 heteroatoms. The molecule has 1 spiro atoms. The second-order valence-corrected chi connectivity index (χ2v) is 12.9. The number of esters is 2. The van der Waals surface area contributed by atoms with Crippen molar-refractivity contribution in [2.75, 3.05) is 13.2 Å². The average molecular weight is 547 g/mol. The smallest absolute Gasteiger partial charge is 0.330 e. The highest BCUT2D eigenvalue weighted by Crippen LogP contribution is 2.74. The van der Waals surface area contributed by atoms with Crippen LogP contribution in [0.25, 0.3) is 0 Å². The van der Waals surface area contributed by atoms with Gasteiger partial charge in [-0.3, -0.25) is 4.79 Å². The van der Waals surface area contributed by atoms with Gasteiger partial charge in [-0.25, -0.2) is 9.59 Å². The predicted octanol–water partition coefficient (Wildman–Crippen LogP) is 1.29. The largest absolute Gasteiger partial charge is 0.462 e. The quantitative estimate of drug-likeness (QED) is 0.411. The molecular formula is C29H38O10. The zero-order valence-corrected chi connectivity index (χ0v) is 22.7. The Labute approximate surface area is 227 Å².